The molecule has 214 valence electrons. The van der Waals surface area contributed by atoms with Crippen LogP contribution in [-0.2, 0) is 6.42 Å². The topological polar surface area (TPSA) is 58.1 Å². The van der Waals surface area contributed by atoms with E-state index in [2.05, 4.69) is 46.8 Å². The van der Waals surface area contributed by atoms with E-state index >= 15 is 0 Å². The fourth-order valence-corrected chi connectivity index (χ4v) is 6.63. The third kappa shape index (κ3) is 7.21. The van der Waals surface area contributed by atoms with Crippen molar-refractivity contribution in [1.29, 1.82) is 0 Å². The van der Waals surface area contributed by atoms with Gasteiger partial charge in [-0.05, 0) is 74.5 Å². The Hall–Kier alpha value is -2.97. The number of unbranched alkanes of at least 4 members (excludes halogenated alkanes) is 1. The van der Waals surface area contributed by atoms with Crippen molar-refractivity contribution in [3.8, 4) is 11.6 Å². The summed E-state index contributed by atoms with van der Waals surface area (Å²) in [6, 6.07) is 16.4. The molecule has 0 N–H and O–H groups in total. The van der Waals surface area contributed by atoms with Crippen LogP contribution in [-0.4, -0.2) is 79.1 Å². The van der Waals surface area contributed by atoms with Crippen molar-refractivity contribution in [2.45, 2.75) is 50.8 Å². The van der Waals surface area contributed by atoms with E-state index in [0.717, 1.165) is 75.1 Å². The first-order valence-corrected chi connectivity index (χ1v) is 15.9. The molecule has 8 heteroatoms. The molecule has 1 amide bonds. The summed E-state index contributed by atoms with van der Waals surface area (Å²) in [5, 5.41) is 0.990. The maximum absolute atomic E-state index is 12.6. The number of aromatic nitrogens is 1. The third-order valence-corrected chi connectivity index (χ3v) is 8.75. The Labute approximate surface area is 242 Å². The second-order valence-corrected chi connectivity index (χ2v) is 11.7. The van der Waals surface area contributed by atoms with Gasteiger partial charge in [-0.2, -0.15) is 0 Å². The van der Waals surface area contributed by atoms with Gasteiger partial charge in [0.05, 0.1) is 12.1 Å². The molecule has 0 atom stereocenters. The van der Waals surface area contributed by atoms with E-state index in [0.29, 0.717) is 25.6 Å². The molecule has 0 radical (unpaired) electrons. The number of fused-ring (bicyclic) bond motifs is 2. The van der Waals surface area contributed by atoms with Gasteiger partial charge in [-0.1, -0.05) is 19.9 Å². The van der Waals surface area contributed by atoms with Crippen LogP contribution >= 0.6 is 11.8 Å². The quantitative estimate of drug-likeness (QED) is 0.234. The van der Waals surface area contributed by atoms with E-state index in [9.17, 15) is 4.79 Å². The number of piperazine rings is 1. The number of amides is 1. The van der Waals surface area contributed by atoms with Gasteiger partial charge in [0.15, 0.2) is 0 Å². The lowest BCUT2D eigenvalue weighted by atomic mass is 10.1. The molecule has 0 spiro atoms. The summed E-state index contributed by atoms with van der Waals surface area (Å²) >= 11 is 2.00. The largest absolute Gasteiger partial charge is 0.494 e. The normalized spacial score (nSPS) is 15.3. The highest BCUT2D eigenvalue weighted by molar-refractivity contribution is 7.99. The maximum atomic E-state index is 12.6. The lowest BCUT2D eigenvalue weighted by molar-refractivity contribution is 0.150. The smallest absolute Gasteiger partial charge is 0.416 e. The van der Waals surface area contributed by atoms with Crippen LogP contribution in [0.2, 0.25) is 0 Å². The van der Waals surface area contributed by atoms with Crippen LogP contribution in [0.3, 0.4) is 0 Å². The number of rotatable bonds is 12. The van der Waals surface area contributed by atoms with Gasteiger partial charge in [0.25, 0.3) is 0 Å². The molecule has 3 heterocycles. The van der Waals surface area contributed by atoms with Gasteiger partial charge in [0.1, 0.15) is 5.75 Å². The molecule has 2 aliphatic rings. The zero-order valence-corrected chi connectivity index (χ0v) is 24.8. The van der Waals surface area contributed by atoms with Gasteiger partial charge in [0, 0.05) is 73.1 Å². The number of hydrogen-bond donors (Lipinski definition) is 0. The standard InChI is InChI=1S/C32H42N4O3S/c1-3-15-36(16-4-2)32(37)39-31-13-11-25-10-12-26(24-28(25)33-31)38-22-6-5-17-34-18-20-35(21-19-34)29-8-7-9-30-27(29)14-23-40-30/h7-13,24H,3-6,14-23H2,1-2H3. The predicted molar refractivity (Wildman–Crippen MR) is 164 cm³/mol. The highest BCUT2D eigenvalue weighted by Gasteiger charge is 2.22. The summed E-state index contributed by atoms with van der Waals surface area (Å²) < 4.78 is 11.6. The summed E-state index contributed by atoms with van der Waals surface area (Å²) in [6.07, 6.45) is 4.79. The Bertz CT molecular complexity index is 1270. The van der Waals surface area contributed by atoms with E-state index in [1.807, 2.05) is 36.0 Å². The summed E-state index contributed by atoms with van der Waals surface area (Å²) in [5.41, 5.74) is 3.78. The summed E-state index contributed by atoms with van der Waals surface area (Å²) in [5.74, 6) is 2.34. The number of benzene rings is 2. The lowest BCUT2D eigenvalue weighted by Crippen LogP contribution is -2.47. The molecule has 2 aromatic carbocycles. The minimum atomic E-state index is -0.341. The fourth-order valence-electron chi connectivity index (χ4n) is 5.55. The van der Waals surface area contributed by atoms with Crippen molar-refractivity contribution in [2.24, 2.45) is 0 Å². The number of pyridine rings is 1. The molecule has 40 heavy (non-hydrogen) atoms. The monoisotopic (exact) mass is 562 g/mol. The highest BCUT2D eigenvalue weighted by atomic mass is 32.2. The molecule has 2 aliphatic heterocycles. The Morgan fingerprint density at radius 1 is 1.00 bits per heavy atom. The molecule has 5 rings (SSSR count). The van der Waals surface area contributed by atoms with Crippen LogP contribution in [0.5, 0.6) is 11.6 Å². The van der Waals surface area contributed by atoms with Gasteiger partial charge in [-0.25, -0.2) is 9.78 Å². The maximum Gasteiger partial charge on any atom is 0.416 e. The molecule has 0 bridgehead atoms. The van der Waals surface area contributed by atoms with Gasteiger partial charge in [-0.15, -0.1) is 11.8 Å². The molecule has 0 saturated carbocycles. The molecule has 0 aliphatic carbocycles. The average Bonchev–Trinajstić information content (AvgIpc) is 3.46. The van der Waals surface area contributed by atoms with Crippen LogP contribution in [0.15, 0.2) is 53.4 Å². The van der Waals surface area contributed by atoms with Crippen molar-refractivity contribution in [3.63, 3.8) is 0 Å². The van der Waals surface area contributed by atoms with Gasteiger partial charge in [0.2, 0.25) is 5.88 Å². The van der Waals surface area contributed by atoms with Gasteiger partial charge >= 0.3 is 6.09 Å². The van der Waals surface area contributed by atoms with Crippen LogP contribution in [0, 0.1) is 0 Å². The average molecular weight is 563 g/mol. The highest BCUT2D eigenvalue weighted by Crippen LogP contribution is 2.37. The Morgan fingerprint density at radius 3 is 2.60 bits per heavy atom. The minimum Gasteiger partial charge on any atom is -0.494 e. The fraction of sp³-hybridized carbons (Fsp3) is 0.500. The van der Waals surface area contributed by atoms with Gasteiger partial charge < -0.3 is 19.3 Å². The molecular formula is C32H42N4O3S. The van der Waals surface area contributed by atoms with E-state index in [-0.39, 0.29) is 6.09 Å². The summed E-state index contributed by atoms with van der Waals surface area (Å²) in [6.45, 7) is 11.7. The Kier molecular flexibility index (Phi) is 10.1. The SMILES string of the molecule is CCCN(CCC)C(=O)Oc1ccc2ccc(OCCCCN3CCN(c4cccc5c4CCS5)CC3)cc2n1. The number of carbonyl (C=O) groups is 1. The molecular weight excluding hydrogens is 520 g/mol. The van der Waals surface area contributed by atoms with E-state index in [4.69, 9.17) is 9.47 Å². The number of nitrogens with zero attached hydrogens (tertiary/aromatic N) is 4. The first kappa shape index (κ1) is 28.6. The van der Waals surface area contributed by atoms with Crippen molar-refractivity contribution < 1.29 is 14.3 Å². The van der Waals surface area contributed by atoms with Crippen LogP contribution in [0.1, 0.15) is 45.1 Å². The third-order valence-electron chi connectivity index (χ3n) is 7.64. The number of thioether (sulfide) groups is 1. The number of ether oxygens (including phenoxy) is 2. The van der Waals surface area contributed by atoms with Crippen molar-refractivity contribution in [1.82, 2.24) is 14.8 Å². The lowest BCUT2D eigenvalue weighted by Gasteiger charge is -2.37. The summed E-state index contributed by atoms with van der Waals surface area (Å²) in [7, 11) is 0. The first-order valence-electron chi connectivity index (χ1n) is 14.9. The number of hydrogen-bond acceptors (Lipinski definition) is 7. The van der Waals surface area contributed by atoms with Crippen molar-refractivity contribution in [3.05, 3.63) is 54.1 Å². The van der Waals surface area contributed by atoms with Crippen LogP contribution < -0.4 is 14.4 Å². The number of anilines is 1. The second-order valence-electron chi connectivity index (χ2n) is 10.6. The molecule has 3 aromatic rings. The summed E-state index contributed by atoms with van der Waals surface area (Å²) in [4.78, 5) is 25.5. The Morgan fingerprint density at radius 2 is 1.80 bits per heavy atom. The zero-order chi connectivity index (χ0) is 27.7. The van der Waals surface area contributed by atoms with Crippen LogP contribution in [0.4, 0.5) is 10.5 Å². The number of carbonyl (C=O) groups excluding carboxylic acids is 1. The van der Waals surface area contributed by atoms with Crippen molar-refractivity contribution >= 4 is 34.4 Å². The molecule has 1 saturated heterocycles. The minimum absolute atomic E-state index is 0.322. The predicted octanol–water partition coefficient (Wildman–Crippen LogP) is 6.49. The second kappa shape index (κ2) is 14.1. The molecule has 0 unspecified atom stereocenters. The van der Waals surface area contributed by atoms with Crippen LogP contribution in [0.25, 0.3) is 10.9 Å². The Balaban J connectivity index is 1.05. The van der Waals surface area contributed by atoms with E-state index in [1.165, 1.54) is 22.8 Å². The molecule has 7 nitrogen and oxygen atoms in total. The van der Waals surface area contributed by atoms with E-state index in [1.54, 1.807) is 16.5 Å². The first-order chi connectivity index (χ1) is 19.6. The zero-order valence-electron chi connectivity index (χ0n) is 23.9. The van der Waals surface area contributed by atoms with Gasteiger partial charge in [-0.3, -0.25) is 4.90 Å². The molecule has 1 fully saturated rings. The molecule has 1 aromatic heterocycles. The van der Waals surface area contributed by atoms with Crippen molar-refractivity contribution in [2.75, 3.05) is 63.1 Å². The van der Waals surface area contributed by atoms with E-state index < -0.39 is 0 Å².